The summed E-state index contributed by atoms with van der Waals surface area (Å²) in [7, 11) is 3.81. The molecule has 3 heterocycles. The third-order valence-corrected chi connectivity index (χ3v) is 6.21. The average Bonchev–Trinajstić information content (AvgIpc) is 3.25. The lowest BCUT2D eigenvalue weighted by atomic mass is 10.2. The van der Waals surface area contributed by atoms with Crippen LogP contribution in [0.5, 0.6) is 5.75 Å². The lowest BCUT2D eigenvalue weighted by Gasteiger charge is -2.34. The van der Waals surface area contributed by atoms with Crippen LogP contribution in [-0.4, -0.2) is 56.1 Å². The number of nitrogens with one attached hydrogen (secondary N) is 1. The van der Waals surface area contributed by atoms with Gasteiger partial charge in [-0.25, -0.2) is 0 Å². The van der Waals surface area contributed by atoms with Gasteiger partial charge in [0, 0.05) is 49.1 Å². The molecule has 2 aromatic heterocycles. The molecule has 0 saturated carbocycles. The Morgan fingerprint density at radius 2 is 1.83 bits per heavy atom. The molecule has 1 aliphatic rings. The lowest BCUT2D eigenvalue weighted by Crippen LogP contribution is -2.44. The molecule has 0 atom stereocenters. The molecule has 0 unspecified atom stereocenters. The number of hydrogen-bond acceptors (Lipinski definition) is 6. The fourth-order valence-corrected chi connectivity index (χ4v) is 4.29. The van der Waals surface area contributed by atoms with Crippen molar-refractivity contribution in [2.45, 2.75) is 0 Å². The van der Waals surface area contributed by atoms with Crippen LogP contribution in [0, 0.1) is 0 Å². The van der Waals surface area contributed by atoms with E-state index in [1.807, 2.05) is 42.5 Å². The van der Waals surface area contributed by atoms with E-state index in [0.717, 1.165) is 53.7 Å². The zero-order valence-corrected chi connectivity index (χ0v) is 17.4. The molecule has 1 fully saturated rings. The molecule has 1 aromatic carbocycles. The molecule has 0 spiro atoms. The molecule has 4 rings (SSSR count). The van der Waals surface area contributed by atoms with E-state index < -0.39 is 0 Å². The fourth-order valence-electron chi connectivity index (χ4n) is 3.39. The minimum Gasteiger partial charge on any atom is -0.495 e. The van der Waals surface area contributed by atoms with Gasteiger partial charge in [-0.05, 0) is 55.1 Å². The second kappa shape index (κ2) is 8.63. The molecule has 1 saturated heterocycles. The van der Waals surface area contributed by atoms with Crippen molar-refractivity contribution in [1.29, 1.82) is 0 Å². The van der Waals surface area contributed by atoms with Gasteiger partial charge in [-0.3, -0.25) is 9.78 Å². The molecule has 0 aliphatic carbocycles. The SMILES string of the molecule is COc1ccc(NC(=O)c2ccc(-c3ccncc3)s2)cc1N1CCN(C)CC1. The molecule has 7 heteroatoms. The summed E-state index contributed by atoms with van der Waals surface area (Å²) < 4.78 is 5.55. The number of nitrogens with zero attached hydrogens (tertiary/aromatic N) is 3. The van der Waals surface area contributed by atoms with Gasteiger partial charge in [0.25, 0.3) is 5.91 Å². The summed E-state index contributed by atoms with van der Waals surface area (Å²) in [6.45, 7) is 3.88. The first-order valence-corrected chi connectivity index (χ1v) is 10.4. The van der Waals surface area contributed by atoms with Crippen LogP contribution in [0.4, 0.5) is 11.4 Å². The summed E-state index contributed by atoms with van der Waals surface area (Å²) in [5.74, 6) is 0.716. The predicted octanol–water partition coefficient (Wildman–Crippen LogP) is 3.82. The number of aromatic nitrogens is 1. The zero-order valence-electron chi connectivity index (χ0n) is 16.6. The highest BCUT2D eigenvalue weighted by molar-refractivity contribution is 7.17. The molecular formula is C22H24N4O2S. The Labute approximate surface area is 174 Å². The van der Waals surface area contributed by atoms with Crippen molar-refractivity contribution in [1.82, 2.24) is 9.88 Å². The highest BCUT2D eigenvalue weighted by atomic mass is 32.1. The van der Waals surface area contributed by atoms with E-state index in [9.17, 15) is 4.79 Å². The van der Waals surface area contributed by atoms with Crippen molar-refractivity contribution in [3.63, 3.8) is 0 Å². The Morgan fingerprint density at radius 1 is 1.07 bits per heavy atom. The largest absolute Gasteiger partial charge is 0.495 e. The third kappa shape index (κ3) is 4.41. The minimum absolute atomic E-state index is 0.107. The number of methoxy groups -OCH3 is 1. The van der Waals surface area contributed by atoms with Crippen LogP contribution in [-0.2, 0) is 0 Å². The van der Waals surface area contributed by atoms with Crippen molar-refractivity contribution < 1.29 is 9.53 Å². The van der Waals surface area contributed by atoms with Crippen LogP contribution in [0.15, 0.2) is 54.9 Å². The normalized spacial score (nSPS) is 14.6. The number of amides is 1. The second-order valence-corrected chi connectivity index (χ2v) is 8.11. The quantitative estimate of drug-likeness (QED) is 0.696. The summed E-state index contributed by atoms with van der Waals surface area (Å²) in [6, 6.07) is 13.5. The number of piperazine rings is 1. The topological polar surface area (TPSA) is 57.7 Å². The molecule has 1 amide bonds. The molecule has 1 N–H and O–H groups in total. The average molecular weight is 409 g/mol. The Balaban J connectivity index is 1.51. The van der Waals surface area contributed by atoms with Gasteiger partial charge in [0.2, 0.25) is 0 Å². The van der Waals surface area contributed by atoms with Crippen molar-refractivity contribution in [2.75, 3.05) is 50.6 Å². The van der Waals surface area contributed by atoms with Gasteiger partial charge < -0.3 is 19.9 Å². The van der Waals surface area contributed by atoms with Gasteiger partial charge in [0.15, 0.2) is 0 Å². The number of thiophene rings is 1. The molecule has 29 heavy (non-hydrogen) atoms. The number of likely N-dealkylation sites (N-methyl/N-ethyl adjacent to an activating group) is 1. The maximum Gasteiger partial charge on any atom is 0.265 e. The second-order valence-electron chi connectivity index (χ2n) is 7.03. The van der Waals surface area contributed by atoms with Crippen LogP contribution in [0.2, 0.25) is 0 Å². The molecule has 150 valence electrons. The summed E-state index contributed by atoms with van der Waals surface area (Å²) in [5.41, 5.74) is 2.84. The number of carbonyl (C=O) groups excluding carboxylic acids is 1. The highest BCUT2D eigenvalue weighted by Crippen LogP contribution is 2.33. The van der Waals surface area contributed by atoms with Crippen molar-refractivity contribution in [2.24, 2.45) is 0 Å². The number of carbonyl (C=O) groups is 1. The number of pyridine rings is 1. The summed E-state index contributed by atoms with van der Waals surface area (Å²) in [4.78, 5) is 23.2. The summed E-state index contributed by atoms with van der Waals surface area (Å²) >= 11 is 1.47. The van der Waals surface area contributed by atoms with Gasteiger partial charge in [0.1, 0.15) is 5.75 Å². The van der Waals surface area contributed by atoms with E-state index in [1.54, 1.807) is 19.5 Å². The van der Waals surface area contributed by atoms with Crippen molar-refractivity contribution in [3.05, 3.63) is 59.7 Å². The van der Waals surface area contributed by atoms with E-state index in [-0.39, 0.29) is 5.91 Å². The summed E-state index contributed by atoms with van der Waals surface area (Å²) in [5, 5.41) is 3.03. The van der Waals surface area contributed by atoms with E-state index in [0.29, 0.717) is 4.88 Å². The number of anilines is 2. The summed E-state index contributed by atoms with van der Waals surface area (Å²) in [6.07, 6.45) is 3.51. The maximum absolute atomic E-state index is 12.8. The van der Waals surface area contributed by atoms with Crippen LogP contribution in [0.3, 0.4) is 0 Å². The smallest absolute Gasteiger partial charge is 0.265 e. The number of rotatable bonds is 5. The first-order chi connectivity index (χ1) is 14.1. The number of benzene rings is 1. The third-order valence-electron chi connectivity index (χ3n) is 5.08. The lowest BCUT2D eigenvalue weighted by molar-refractivity contribution is 0.103. The Hall–Kier alpha value is -2.90. The van der Waals surface area contributed by atoms with Crippen molar-refractivity contribution in [3.8, 4) is 16.2 Å². The monoisotopic (exact) mass is 408 g/mol. The van der Waals surface area contributed by atoms with Gasteiger partial charge in [-0.1, -0.05) is 0 Å². The number of ether oxygens (including phenoxy) is 1. The highest BCUT2D eigenvalue weighted by Gasteiger charge is 2.19. The van der Waals surface area contributed by atoms with Crippen molar-refractivity contribution >= 4 is 28.6 Å². The predicted molar refractivity (Wildman–Crippen MR) is 118 cm³/mol. The Kier molecular flexibility index (Phi) is 5.78. The van der Waals surface area contributed by atoms with Crippen LogP contribution in [0.25, 0.3) is 10.4 Å². The zero-order chi connectivity index (χ0) is 20.2. The van der Waals surface area contributed by atoms with E-state index >= 15 is 0 Å². The standard InChI is InChI=1S/C22H24N4O2S/c1-25-11-13-26(14-12-25)18-15-17(3-4-19(18)28-2)24-22(27)21-6-5-20(29-21)16-7-9-23-10-8-16/h3-10,15H,11-14H2,1-2H3,(H,24,27). The molecule has 0 radical (unpaired) electrons. The van der Waals surface area contributed by atoms with Gasteiger partial charge in [-0.2, -0.15) is 0 Å². The van der Waals surface area contributed by atoms with Crippen LogP contribution < -0.4 is 15.0 Å². The first-order valence-electron chi connectivity index (χ1n) is 9.57. The number of hydrogen-bond donors (Lipinski definition) is 1. The molecule has 1 aliphatic heterocycles. The van der Waals surface area contributed by atoms with Gasteiger partial charge >= 0.3 is 0 Å². The first kappa shape index (κ1) is 19.4. The minimum atomic E-state index is -0.107. The Bertz CT molecular complexity index is 981. The van der Waals surface area contributed by atoms with E-state index in [1.165, 1.54) is 11.3 Å². The maximum atomic E-state index is 12.8. The molecule has 0 bridgehead atoms. The van der Waals surface area contributed by atoms with Gasteiger partial charge in [0.05, 0.1) is 17.7 Å². The Morgan fingerprint density at radius 3 is 2.55 bits per heavy atom. The molecule has 3 aromatic rings. The molecular weight excluding hydrogens is 384 g/mol. The van der Waals surface area contributed by atoms with E-state index in [4.69, 9.17) is 4.74 Å². The van der Waals surface area contributed by atoms with Crippen LogP contribution >= 0.6 is 11.3 Å². The fraction of sp³-hybridized carbons (Fsp3) is 0.273. The molecule has 6 nitrogen and oxygen atoms in total. The van der Waals surface area contributed by atoms with E-state index in [2.05, 4.69) is 27.1 Å². The van der Waals surface area contributed by atoms with Gasteiger partial charge in [-0.15, -0.1) is 11.3 Å². The van der Waals surface area contributed by atoms with Crippen LogP contribution in [0.1, 0.15) is 9.67 Å².